The average molecular weight is 256 g/mol. The molecule has 0 aliphatic rings. The van der Waals surface area contributed by atoms with Crippen molar-refractivity contribution in [3.05, 3.63) is 0 Å². The molecule has 0 aromatic carbocycles. The van der Waals surface area contributed by atoms with E-state index >= 15 is 0 Å². The van der Waals surface area contributed by atoms with Gasteiger partial charge in [0.25, 0.3) is 0 Å². The van der Waals surface area contributed by atoms with Crippen LogP contribution >= 0.6 is 27.5 Å². The molecule has 0 radical (unpaired) electrons. The van der Waals surface area contributed by atoms with Crippen molar-refractivity contribution >= 4 is 27.5 Å². The Morgan fingerprint density at radius 1 is 1.08 bits per heavy atom. The largest absolute Gasteiger partial charge is 0.123 e. The maximum absolute atomic E-state index is 6.06. The first-order chi connectivity index (χ1) is 5.81. The molecule has 0 aromatic heterocycles. The van der Waals surface area contributed by atoms with Crippen molar-refractivity contribution in [1.29, 1.82) is 0 Å². The van der Waals surface area contributed by atoms with E-state index in [9.17, 15) is 0 Å². The molecule has 0 amide bonds. The van der Waals surface area contributed by atoms with Crippen molar-refractivity contribution in [1.82, 2.24) is 0 Å². The predicted octanol–water partition coefficient (Wildman–Crippen LogP) is 4.74. The smallest absolute Gasteiger partial charge is 0.0344 e. The standard InChI is InChI=1S/C10H20BrCl/c1-2-3-4-5-6-7-10(12)8-9-11/h10H,2-9H2,1H3. The fraction of sp³-hybridized carbons (Fsp3) is 1.00. The summed E-state index contributed by atoms with van der Waals surface area (Å²) in [6.45, 7) is 2.25. The maximum Gasteiger partial charge on any atom is 0.0344 e. The van der Waals surface area contributed by atoms with Crippen LogP contribution in [0.15, 0.2) is 0 Å². The van der Waals surface area contributed by atoms with Crippen LogP contribution in [0, 0.1) is 0 Å². The summed E-state index contributed by atoms with van der Waals surface area (Å²) in [5.74, 6) is 0. The van der Waals surface area contributed by atoms with E-state index in [1.165, 1.54) is 38.5 Å². The van der Waals surface area contributed by atoms with Crippen LogP contribution in [0.25, 0.3) is 0 Å². The van der Waals surface area contributed by atoms with Crippen molar-refractivity contribution in [3.8, 4) is 0 Å². The van der Waals surface area contributed by atoms with Crippen molar-refractivity contribution in [3.63, 3.8) is 0 Å². The fourth-order valence-corrected chi connectivity index (χ4v) is 2.31. The van der Waals surface area contributed by atoms with E-state index in [-0.39, 0.29) is 0 Å². The molecule has 1 unspecified atom stereocenters. The van der Waals surface area contributed by atoms with Crippen LogP contribution in [0.1, 0.15) is 51.9 Å². The number of hydrogen-bond acceptors (Lipinski definition) is 0. The molecule has 2 heteroatoms. The van der Waals surface area contributed by atoms with E-state index in [1.807, 2.05) is 0 Å². The van der Waals surface area contributed by atoms with E-state index in [4.69, 9.17) is 11.6 Å². The third-order valence-corrected chi connectivity index (χ3v) is 2.94. The highest BCUT2D eigenvalue weighted by atomic mass is 79.9. The lowest BCUT2D eigenvalue weighted by Crippen LogP contribution is -1.98. The van der Waals surface area contributed by atoms with Gasteiger partial charge in [-0.05, 0) is 12.8 Å². The van der Waals surface area contributed by atoms with Gasteiger partial charge < -0.3 is 0 Å². The van der Waals surface area contributed by atoms with Gasteiger partial charge in [0.2, 0.25) is 0 Å². The zero-order valence-corrected chi connectivity index (χ0v) is 10.3. The van der Waals surface area contributed by atoms with E-state index in [0.29, 0.717) is 5.38 Å². The Morgan fingerprint density at radius 3 is 2.33 bits per heavy atom. The van der Waals surface area contributed by atoms with Crippen molar-refractivity contribution in [2.24, 2.45) is 0 Å². The molecule has 0 N–H and O–H groups in total. The molecule has 0 spiro atoms. The second-order valence-corrected chi connectivity index (χ2v) is 4.69. The molecular weight excluding hydrogens is 235 g/mol. The summed E-state index contributed by atoms with van der Waals surface area (Å²) in [5.41, 5.74) is 0. The quantitative estimate of drug-likeness (QED) is 0.434. The van der Waals surface area contributed by atoms with Crippen molar-refractivity contribution < 1.29 is 0 Å². The number of alkyl halides is 2. The molecule has 0 nitrogen and oxygen atoms in total. The van der Waals surface area contributed by atoms with Gasteiger partial charge in [-0.3, -0.25) is 0 Å². The molecule has 0 heterocycles. The summed E-state index contributed by atoms with van der Waals surface area (Å²) >= 11 is 9.46. The van der Waals surface area contributed by atoms with Gasteiger partial charge in [0.05, 0.1) is 0 Å². The van der Waals surface area contributed by atoms with Crippen LogP contribution in [-0.2, 0) is 0 Å². The van der Waals surface area contributed by atoms with Gasteiger partial charge in [0.15, 0.2) is 0 Å². The third-order valence-electron chi connectivity index (χ3n) is 2.04. The summed E-state index contributed by atoms with van der Waals surface area (Å²) in [6, 6.07) is 0. The summed E-state index contributed by atoms with van der Waals surface area (Å²) in [7, 11) is 0. The van der Waals surface area contributed by atoms with Crippen LogP contribution < -0.4 is 0 Å². The Balaban J connectivity index is 2.97. The van der Waals surface area contributed by atoms with E-state index in [2.05, 4.69) is 22.9 Å². The number of halogens is 2. The normalized spacial score (nSPS) is 13.2. The summed E-state index contributed by atoms with van der Waals surface area (Å²) in [5, 5.41) is 1.43. The summed E-state index contributed by atoms with van der Waals surface area (Å²) in [4.78, 5) is 0. The molecule has 12 heavy (non-hydrogen) atoms. The second kappa shape index (κ2) is 9.85. The predicted molar refractivity (Wildman–Crippen MR) is 61.4 cm³/mol. The Morgan fingerprint density at radius 2 is 1.75 bits per heavy atom. The minimum atomic E-state index is 0.394. The van der Waals surface area contributed by atoms with Gasteiger partial charge >= 0.3 is 0 Å². The molecule has 0 aromatic rings. The molecule has 0 bridgehead atoms. The number of rotatable bonds is 8. The highest BCUT2D eigenvalue weighted by Gasteiger charge is 2.01. The third kappa shape index (κ3) is 8.86. The van der Waals surface area contributed by atoms with Crippen LogP contribution in [-0.4, -0.2) is 10.7 Å². The summed E-state index contributed by atoms with van der Waals surface area (Å²) in [6.07, 6.45) is 9.05. The van der Waals surface area contributed by atoms with Gasteiger partial charge in [-0.25, -0.2) is 0 Å². The average Bonchev–Trinajstić information content (AvgIpc) is 2.05. The molecule has 0 rings (SSSR count). The Hall–Kier alpha value is 0.770. The number of hydrogen-bond donors (Lipinski definition) is 0. The Labute approximate surface area is 90.2 Å². The van der Waals surface area contributed by atoms with E-state index < -0.39 is 0 Å². The molecule has 0 aliphatic heterocycles. The van der Waals surface area contributed by atoms with Crippen LogP contribution in [0.2, 0.25) is 0 Å². The lowest BCUT2D eigenvalue weighted by atomic mass is 10.1. The first-order valence-corrected chi connectivity index (χ1v) is 6.57. The molecule has 1 atom stereocenters. The van der Waals surface area contributed by atoms with Crippen molar-refractivity contribution in [2.75, 3.05) is 5.33 Å². The lowest BCUT2D eigenvalue weighted by Gasteiger charge is -2.06. The molecule has 0 saturated heterocycles. The van der Waals surface area contributed by atoms with Gasteiger partial charge in [-0.2, -0.15) is 0 Å². The Kier molecular flexibility index (Phi) is 10.5. The molecule has 0 saturated carbocycles. The fourth-order valence-electron chi connectivity index (χ4n) is 1.23. The van der Waals surface area contributed by atoms with Crippen LogP contribution in [0.4, 0.5) is 0 Å². The summed E-state index contributed by atoms with van der Waals surface area (Å²) < 4.78 is 0. The van der Waals surface area contributed by atoms with E-state index in [0.717, 1.165) is 11.8 Å². The molecule has 0 aliphatic carbocycles. The zero-order valence-electron chi connectivity index (χ0n) is 7.99. The monoisotopic (exact) mass is 254 g/mol. The SMILES string of the molecule is CCCCCCCC(Cl)CCBr. The van der Waals surface area contributed by atoms with Gasteiger partial charge in [-0.15, -0.1) is 11.6 Å². The topological polar surface area (TPSA) is 0 Å². The lowest BCUT2D eigenvalue weighted by molar-refractivity contribution is 0.590. The minimum absolute atomic E-state index is 0.394. The first-order valence-electron chi connectivity index (χ1n) is 5.01. The highest BCUT2D eigenvalue weighted by Crippen LogP contribution is 2.14. The molecule has 0 fully saturated rings. The van der Waals surface area contributed by atoms with Crippen LogP contribution in [0.5, 0.6) is 0 Å². The minimum Gasteiger partial charge on any atom is -0.123 e. The highest BCUT2D eigenvalue weighted by molar-refractivity contribution is 9.09. The Bertz CT molecular complexity index is 85.9. The van der Waals surface area contributed by atoms with Crippen molar-refractivity contribution in [2.45, 2.75) is 57.2 Å². The maximum atomic E-state index is 6.06. The molecule has 74 valence electrons. The van der Waals surface area contributed by atoms with Gasteiger partial charge in [0, 0.05) is 10.7 Å². The van der Waals surface area contributed by atoms with E-state index in [1.54, 1.807) is 0 Å². The van der Waals surface area contributed by atoms with Gasteiger partial charge in [-0.1, -0.05) is 55.0 Å². The number of unbranched alkanes of at least 4 members (excludes halogenated alkanes) is 4. The van der Waals surface area contributed by atoms with Gasteiger partial charge in [0.1, 0.15) is 0 Å². The zero-order chi connectivity index (χ0) is 9.23. The second-order valence-electron chi connectivity index (χ2n) is 3.28. The van der Waals surface area contributed by atoms with Crippen LogP contribution in [0.3, 0.4) is 0 Å². The first kappa shape index (κ1) is 12.8. The molecular formula is C10H20BrCl.